The number of carbonyl (C=O) groups is 3. The van der Waals surface area contributed by atoms with Gasteiger partial charge in [0.2, 0.25) is 0 Å². The first-order valence-corrected chi connectivity index (χ1v) is 6.36. The van der Waals surface area contributed by atoms with E-state index < -0.39 is 11.9 Å². The molecule has 0 aromatic heterocycles. The highest BCUT2D eigenvalue weighted by Gasteiger charge is 2.03. The summed E-state index contributed by atoms with van der Waals surface area (Å²) in [6.07, 6.45) is 1.97. The summed E-state index contributed by atoms with van der Waals surface area (Å²) >= 11 is 0. The van der Waals surface area contributed by atoms with Gasteiger partial charge in [0.15, 0.2) is 5.78 Å². The topological polar surface area (TPSA) is 89.9 Å². The van der Waals surface area contributed by atoms with Crippen molar-refractivity contribution in [1.82, 2.24) is 0 Å². The molecule has 1 aromatic carbocycles. The zero-order valence-electron chi connectivity index (χ0n) is 11.6. The SMILES string of the molecule is CCC(=O)c1ccc(OCCOC(=O)/C=C\C(=O)O)cc1. The van der Waals surface area contributed by atoms with Gasteiger partial charge in [-0.05, 0) is 24.3 Å². The molecule has 0 aliphatic carbocycles. The van der Waals surface area contributed by atoms with Crippen LogP contribution in [0.2, 0.25) is 0 Å². The first kappa shape index (κ1) is 16.4. The Kier molecular flexibility index (Phi) is 6.67. The Bertz CT molecular complexity index is 530. The predicted molar refractivity (Wildman–Crippen MR) is 74.3 cm³/mol. The van der Waals surface area contributed by atoms with Crippen molar-refractivity contribution < 1.29 is 29.0 Å². The van der Waals surface area contributed by atoms with Gasteiger partial charge in [0.1, 0.15) is 19.0 Å². The Labute approximate surface area is 122 Å². The fourth-order valence-electron chi connectivity index (χ4n) is 1.43. The molecule has 0 saturated carbocycles. The molecule has 0 atom stereocenters. The van der Waals surface area contributed by atoms with Gasteiger partial charge >= 0.3 is 11.9 Å². The summed E-state index contributed by atoms with van der Waals surface area (Å²) in [5, 5.41) is 8.32. The lowest BCUT2D eigenvalue weighted by molar-refractivity contribution is -0.139. The Morgan fingerprint density at radius 3 is 2.33 bits per heavy atom. The van der Waals surface area contributed by atoms with Crippen molar-refractivity contribution in [1.29, 1.82) is 0 Å². The minimum atomic E-state index is -1.22. The van der Waals surface area contributed by atoms with Crippen molar-refractivity contribution in [3.8, 4) is 5.75 Å². The van der Waals surface area contributed by atoms with Crippen molar-refractivity contribution in [2.24, 2.45) is 0 Å². The lowest BCUT2D eigenvalue weighted by Gasteiger charge is -2.06. The van der Waals surface area contributed by atoms with Gasteiger partial charge in [-0.2, -0.15) is 0 Å². The van der Waals surface area contributed by atoms with Crippen LogP contribution in [0.3, 0.4) is 0 Å². The standard InChI is InChI=1S/C15H16O6/c1-2-13(16)11-3-5-12(6-4-11)20-9-10-21-15(19)8-7-14(17)18/h3-8H,2,9-10H2,1H3,(H,17,18)/b8-7-. The van der Waals surface area contributed by atoms with Gasteiger partial charge < -0.3 is 14.6 Å². The van der Waals surface area contributed by atoms with E-state index in [0.29, 0.717) is 23.8 Å². The molecule has 0 fully saturated rings. The minimum Gasteiger partial charge on any atom is -0.490 e. The molecule has 0 amide bonds. The fraction of sp³-hybridized carbons (Fsp3) is 0.267. The zero-order chi connectivity index (χ0) is 15.7. The molecule has 21 heavy (non-hydrogen) atoms. The third-order valence-corrected chi connectivity index (χ3v) is 2.46. The van der Waals surface area contributed by atoms with E-state index in [1.165, 1.54) is 0 Å². The van der Waals surface area contributed by atoms with Crippen molar-refractivity contribution in [2.75, 3.05) is 13.2 Å². The van der Waals surface area contributed by atoms with E-state index in [4.69, 9.17) is 14.6 Å². The molecule has 0 bridgehead atoms. The molecule has 1 N–H and O–H groups in total. The number of carbonyl (C=O) groups excluding carboxylic acids is 2. The number of hydrogen-bond donors (Lipinski definition) is 1. The van der Waals surface area contributed by atoms with Crippen LogP contribution in [-0.4, -0.2) is 36.0 Å². The fourth-order valence-corrected chi connectivity index (χ4v) is 1.43. The quantitative estimate of drug-likeness (QED) is 0.340. The molecule has 6 heteroatoms. The average molecular weight is 292 g/mol. The van der Waals surface area contributed by atoms with Crippen LogP contribution in [0.25, 0.3) is 0 Å². The Hall–Kier alpha value is -2.63. The van der Waals surface area contributed by atoms with Crippen LogP contribution in [0, 0.1) is 0 Å². The van der Waals surface area contributed by atoms with E-state index in [-0.39, 0.29) is 19.0 Å². The summed E-state index contributed by atoms with van der Waals surface area (Å²) in [4.78, 5) is 32.6. The number of hydrogen-bond acceptors (Lipinski definition) is 5. The van der Waals surface area contributed by atoms with Gasteiger partial charge in [-0.25, -0.2) is 9.59 Å². The Balaban J connectivity index is 2.31. The van der Waals surface area contributed by atoms with Crippen molar-refractivity contribution in [2.45, 2.75) is 13.3 Å². The maximum absolute atomic E-state index is 11.4. The van der Waals surface area contributed by atoms with Crippen molar-refractivity contribution in [3.63, 3.8) is 0 Å². The molecule has 0 heterocycles. The largest absolute Gasteiger partial charge is 0.490 e. The van der Waals surface area contributed by atoms with Crippen molar-refractivity contribution in [3.05, 3.63) is 42.0 Å². The summed E-state index contributed by atoms with van der Waals surface area (Å²) in [5.41, 5.74) is 0.620. The first-order valence-electron chi connectivity index (χ1n) is 6.36. The molecule has 0 saturated heterocycles. The summed E-state index contributed by atoms with van der Waals surface area (Å²) in [6.45, 7) is 1.92. The van der Waals surface area contributed by atoms with Crippen LogP contribution in [0.1, 0.15) is 23.7 Å². The second kappa shape index (κ2) is 8.52. The van der Waals surface area contributed by atoms with Crippen LogP contribution < -0.4 is 4.74 Å². The van der Waals surface area contributed by atoms with E-state index in [2.05, 4.69) is 0 Å². The minimum absolute atomic E-state index is 0.00155. The van der Waals surface area contributed by atoms with Crippen LogP contribution in [0.15, 0.2) is 36.4 Å². The zero-order valence-corrected chi connectivity index (χ0v) is 11.6. The van der Waals surface area contributed by atoms with E-state index >= 15 is 0 Å². The maximum Gasteiger partial charge on any atom is 0.331 e. The molecular formula is C15H16O6. The lowest BCUT2D eigenvalue weighted by atomic mass is 10.1. The van der Waals surface area contributed by atoms with E-state index in [1.54, 1.807) is 31.2 Å². The van der Waals surface area contributed by atoms with E-state index in [9.17, 15) is 14.4 Å². The number of carboxylic acid groups (broad SMARTS) is 1. The normalized spacial score (nSPS) is 10.3. The third kappa shape index (κ3) is 6.38. The van der Waals surface area contributed by atoms with Gasteiger partial charge in [-0.1, -0.05) is 6.92 Å². The smallest absolute Gasteiger partial charge is 0.331 e. The number of benzene rings is 1. The summed E-state index contributed by atoms with van der Waals surface area (Å²) in [5.74, 6) is -1.35. The van der Waals surface area contributed by atoms with Crippen molar-refractivity contribution >= 4 is 17.7 Å². The number of esters is 1. The molecule has 112 valence electrons. The monoisotopic (exact) mass is 292 g/mol. The Morgan fingerprint density at radius 1 is 1.10 bits per heavy atom. The highest BCUT2D eigenvalue weighted by Crippen LogP contribution is 2.13. The molecule has 0 aliphatic heterocycles. The second-order valence-electron chi connectivity index (χ2n) is 3.99. The number of ether oxygens (including phenoxy) is 2. The molecule has 0 radical (unpaired) electrons. The second-order valence-corrected chi connectivity index (χ2v) is 3.99. The van der Waals surface area contributed by atoms with Crippen LogP contribution in [0.5, 0.6) is 5.75 Å². The van der Waals surface area contributed by atoms with Gasteiger partial charge in [0.25, 0.3) is 0 Å². The molecular weight excluding hydrogens is 276 g/mol. The molecule has 0 spiro atoms. The van der Waals surface area contributed by atoms with Crippen LogP contribution in [-0.2, 0) is 14.3 Å². The number of ketones is 1. The van der Waals surface area contributed by atoms with Gasteiger partial charge in [0, 0.05) is 24.1 Å². The first-order chi connectivity index (χ1) is 10.0. The summed E-state index contributed by atoms with van der Waals surface area (Å²) in [7, 11) is 0. The highest BCUT2D eigenvalue weighted by atomic mass is 16.6. The summed E-state index contributed by atoms with van der Waals surface area (Å²) in [6, 6.07) is 6.66. The number of rotatable bonds is 8. The predicted octanol–water partition coefficient (Wildman–Crippen LogP) is 1.84. The molecule has 1 aromatic rings. The molecule has 0 aliphatic rings. The number of Topliss-reactive ketones (excluding diaryl/α,β-unsaturated/α-hetero) is 1. The van der Waals surface area contributed by atoms with Crippen LogP contribution >= 0.6 is 0 Å². The molecule has 6 nitrogen and oxygen atoms in total. The van der Waals surface area contributed by atoms with E-state index in [0.717, 1.165) is 6.08 Å². The molecule has 0 unspecified atom stereocenters. The summed E-state index contributed by atoms with van der Waals surface area (Å²) < 4.78 is 10.0. The molecule has 1 rings (SSSR count). The lowest BCUT2D eigenvalue weighted by Crippen LogP contribution is -2.10. The average Bonchev–Trinajstić information content (AvgIpc) is 2.49. The van der Waals surface area contributed by atoms with Crippen LogP contribution in [0.4, 0.5) is 0 Å². The van der Waals surface area contributed by atoms with Gasteiger partial charge in [0.05, 0.1) is 0 Å². The highest BCUT2D eigenvalue weighted by molar-refractivity contribution is 5.95. The Morgan fingerprint density at radius 2 is 1.76 bits per heavy atom. The third-order valence-electron chi connectivity index (χ3n) is 2.46. The number of carboxylic acids is 1. The maximum atomic E-state index is 11.4. The van der Waals surface area contributed by atoms with E-state index in [1.807, 2.05) is 0 Å². The van der Waals surface area contributed by atoms with Gasteiger partial charge in [-0.3, -0.25) is 4.79 Å². The van der Waals surface area contributed by atoms with Gasteiger partial charge in [-0.15, -0.1) is 0 Å². The number of aliphatic carboxylic acids is 1.